The molecule has 0 aliphatic rings. The molecule has 0 fully saturated rings. The smallest absolute Gasteiger partial charge is 0.0917 e. The maximum atomic E-state index is 10.5. The van der Waals surface area contributed by atoms with Gasteiger partial charge in [0, 0.05) is 19.1 Å². The number of rotatable bonds is 6. The standard InChI is InChI=1S/C19H25NO/c1-15(2)20(13-17-7-5-4-6-8-17)14-19(21)18-11-9-16(3)10-12-18/h4-12,15,19,21H,13-14H2,1-3H3. The van der Waals surface area contributed by atoms with Crippen LogP contribution in [-0.2, 0) is 6.54 Å². The highest BCUT2D eigenvalue weighted by atomic mass is 16.3. The fourth-order valence-electron chi connectivity index (χ4n) is 2.39. The van der Waals surface area contributed by atoms with Crippen molar-refractivity contribution in [2.75, 3.05) is 6.54 Å². The van der Waals surface area contributed by atoms with E-state index < -0.39 is 6.10 Å². The molecule has 1 unspecified atom stereocenters. The van der Waals surface area contributed by atoms with E-state index in [9.17, 15) is 5.11 Å². The first-order valence-electron chi connectivity index (χ1n) is 7.59. The zero-order valence-corrected chi connectivity index (χ0v) is 13.2. The van der Waals surface area contributed by atoms with E-state index in [1.54, 1.807) is 0 Å². The zero-order chi connectivity index (χ0) is 15.2. The molecule has 0 spiro atoms. The van der Waals surface area contributed by atoms with Crippen molar-refractivity contribution in [1.29, 1.82) is 0 Å². The molecule has 0 heterocycles. The van der Waals surface area contributed by atoms with Gasteiger partial charge in [-0.1, -0.05) is 60.2 Å². The van der Waals surface area contributed by atoms with Gasteiger partial charge in [-0.15, -0.1) is 0 Å². The molecular weight excluding hydrogens is 258 g/mol. The number of benzene rings is 2. The van der Waals surface area contributed by atoms with E-state index in [1.807, 2.05) is 18.2 Å². The number of hydrogen-bond donors (Lipinski definition) is 1. The quantitative estimate of drug-likeness (QED) is 0.868. The maximum Gasteiger partial charge on any atom is 0.0917 e. The van der Waals surface area contributed by atoms with Crippen LogP contribution in [0.1, 0.15) is 36.6 Å². The third kappa shape index (κ3) is 4.69. The Kier molecular flexibility index (Phi) is 5.54. The molecule has 0 aliphatic carbocycles. The molecular formula is C19H25NO. The molecule has 0 bridgehead atoms. The molecule has 2 rings (SSSR count). The third-order valence-corrected chi connectivity index (χ3v) is 3.83. The molecule has 0 saturated heterocycles. The van der Waals surface area contributed by atoms with Crippen molar-refractivity contribution < 1.29 is 5.11 Å². The Morgan fingerprint density at radius 3 is 2.14 bits per heavy atom. The average molecular weight is 283 g/mol. The number of aryl methyl sites for hydroxylation is 1. The Bertz CT molecular complexity index is 533. The second kappa shape index (κ2) is 7.39. The van der Waals surface area contributed by atoms with Crippen molar-refractivity contribution in [2.24, 2.45) is 0 Å². The van der Waals surface area contributed by atoms with Crippen LogP contribution in [0.4, 0.5) is 0 Å². The van der Waals surface area contributed by atoms with Gasteiger partial charge in [-0.25, -0.2) is 0 Å². The second-order valence-electron chi connectivity index (χ2n) is 5.94. The summed E-state index contributed by atoms with van der Waals surface area (Å²) in [5.74, 6) is 0. The van der Waals surface area contributed by atoms with Crippen LogP contribution in [0.3, 0.4) is 0 Å². The molecule has 0 aromatic heterocycles. The summed E-state index contributed by atoms with van der Waals surface area (Å²) in [4.78, 5) is 2.31. The van der Waals surface area contributed by atoms with Crippen LogP contribution in [0.25, 0.3) is 0 Å². The van der Waals surface area contributed by atoms with E-state index in [4.69, 9.17) is 0 Å². The second-order valence-corrected chi connectivity index (χ2v) is 5.94. The van der Waals surface area contributed by atoms with Gasteiger partial charge in [-0.3, -0.25) is 4.90 Å². The van der Waals surface area contributed by atoms with Gasteiger partial charge in [0.1, 0.15) is 0 Å². The van der Waals surface area contributed by atoms with Gasteiger partial charge >= 0.3 is 0 Å². The summed E-state index contributed by atoms with van der Waals surface area (Å²) in [7, 11) is 0. The van der Waals surface area contributed by atoms with Crippen LogP contribution in [0.2, 0.25) is 0 Å². The van der Waals surface area contributed by atoms with Crippen molar-refractivity contribution >= 4 is 0 Å². The molecule has 21 heavy (non-hydrogen) atoms. The van der Waals surface area contributed by atoms with E-state index in [0.29, 0.717) is 12.6 Å². The lowest BCUT2D eigenvalue weighted by Gasteiger charge is -2.29. The molecule has 2 nitrogen and oxygen atoms in total. The topological polar surface area (TPSA) is 23.5 Å². The van der Waals surface area contributed by atoms with Crippen LogP contribution in [0.15, 0.2) is 54.6 Å². The van der Waals surface area contributed by atoms with E-state index >= 15 is 0 Å². The van der Waals surface area contributed by atoms with Crippen molar-refractivity contribution in [3.63, 3.8) is 0 Å². The zero-order valence-electron chi connectivity index (χ0n) is 13.2. The fourth-order valence-corrected chi connectivity index (χ4v) is 2.39. The summed E-state index contributed by atoms with van der Waals surface area (Å²) in [5, 5.41) is 10.5. The van der Waals surface area contributed by atoms with Crippen LogP contribution in [0, 0.1) is 6.92 Å². The summed E-state index contributed by atoms with van der Waals surface area (Å²) in [5.41, 5.74) is 3.48. The molecule has 0 saturated carbocycles. The molecule has 1 atom stereocenters. The first-order valence-corrected chi connectivity index (χ1v) is 7.59. The molecule has 1 N–H and O–H groups in total. The van der Waals surface area contributed by atoms with E-state index in [2.05, 4.69) is 62.1 Å². The van der Waals surface area contributed by atoms with Gasteiger partial charge in [-0.2, -0.15) is 0 Å². The summed E-state index contributed by atoms with van der Waals surface area (Å²) in [6, 6.07) is 18.9. The molecule has 2 heteroatoms. The monoisotopic (exact) mass is 283 g/mol. The number of nitrogens with zero attached hydrogens (tertiary/aromatic N) is 1. The largest absolute Gasteiger partial charge is 0.387 e. The van der Waals surface area contributed by atoms with Gasteiger partial charge in [0.25, 0.3) is 0 Å². The molecule has 2 aromatic rings. The highest BCUT2D eigenvalue weighted by Crippen LogP contribution is 2.18. The minimum absolute atomic E-state index is 0.394. The van der Waals surface area contributed by atoms with E-state index in [0.717, 1.165) is 12.1 Å². The SMILES string of the molecule is Cc1ccc(C(O)CN(Cc2ccccc2)C(C)C)cc1. The summed E-state index contributed by atoms with van der Waals surface area (Å²) < 4.78 is 0. The highest BCUT2D eigenvalue weighted by Gasteiger charge is 2.16. The summed E-state index contributed by atoms with van der Waals surface area (Å²) >= 11 is 0. The first-order chi connectivity index (χ1) is 10.1. The predicted octanol–water partition coefficient (Wildman–Crippen LogP) is 3.94. The summed E-state index contributed by atoms with van der Waals surface area (Å²) in [6.07, 6.45) is -0.447. The van der Waals surface area contributed by atoms with Crippen molar-refractivity contribution in [2.45, 2.75) is 39.5 Å². The predicted molar refractivity (Wildman–Crippen MR) is 88.1 cm³/mol. The number of aliphatic hydroxyl groups excluding tert-OH is 1. The highest BCUT2D eigenvalue weighted by molar-refractivity contribution is 5.23. The Labute approximate surface area is 128 Å². The Balaban J connectivity index is 2.04. The van der Waals surface area contributed by atoms with Crippen molar-refractivity contribution in [3.8, 4) is 0 Å². The van der Waals surface area contributed by atoms with E-state index in [-0.39, 0.29) is 0 Å². The number of hydrogen-bond acceptors (Lipinski definition) is 2. The number of aliphatic hydroxyl groups is 1. The molecule has 2 aromatic carbocycles. The van der Waals surface area contributed by atoms with Crippen LogP contribution in [0.5, 0.6) is 0 Å². The van der Waals surface area contributed by atoms with E-state index in [1.165, 1.54) is 11.1 Å². The lowest BCUT2D eigenvalue weighted by molar-refractivity contribution is 0.0908. The molecule has 112 valence electrons. The van der Waals surface area contributed by atoms with Crippen molar-refractivity contribution in [3.05, 3.63) is 71.3 Å². The van der Waals surface area contributed by atoms with Gasteiger partial charge in [-0.05, 0) is 31.9 Å². The third-order valence-electron chi connectivity index (χ3n) is 3.83. The summed E-state index contributed by atoms with van der Waals surface area (Å²) in [6.45, 7) is 7.92. The fraction of sp³-hybridized carbons (Fsp3) is 0.368. The first kappa shape index (κ1) is 15.7. The Morgan fingerprint density at radius 2 is 1.57 bits per heavy atom. The maximum absolute atomic E-state index is 10.5. The van der Waals surface area contributed by atoms with Gasteiger partial charge in [0.2, 0.25) is 0 Å². The van der Waals surface area contributed by atoms with Gasteiger partial charge in [0.05, 0.1) is 6.10 Å². The van der Waals surface area contributed by atoms with Crippen LogP contribution < -0.4 is 0 Å². The lowest BCUT2D eigenvalue weighted by Crippen LogP contribution is -2.34. The van der Waals surface area contributed by atoms with Crippen molar-refractivity contribution in [1.82, 2.24) is 4.90 Å². The van der Waals surface area contributed by atoms with Gasteiger partial charge < -0.3 is 5.11 Å². The Hall–Kier alpha value is -1.64. The average Bonchev–Trinajstić information content (AvgIpc) is 2.48. The molecule has 0 aliphatic heterocycles. The lowest BCUT2D eigenvalue weighted by atomic mass is 10.1. The molecule has 0 amide bonds. The minimum Gasteiger partial charge on any atom is -0.387 e. The normalized spacial score (nSPS) is 12.9. The van der Waals surface area contributed by atoms with Crippen LogP contribution >= 0.6 is 0 Å². The van der Waals surface area contributed by atoms with Crippen LogP contribution in [-0.4, -0.2) is 22.6 Å². The molecule has 0 radical (unpaired) electrons. The Morgan fingerprint density at radius 1 is 0.952 bits per heavy atom. The minimum atomic E-state index is -0.447. The van der Waals surface area contributed by atoms with Gasteiger partial charge in [0.15, 0.2) is 0 Å².